The molecule has 1 aromatic carbocycles. The van der Waals surface area contributed by atoms with Gasteiger partial charge in [0.05, 0.1) is 11.7 Å². The molecule has 28 heavy (non-hydrogen) atoms. The van der Waals surface area contributed by atoms with Gasteiger partial charge in [-0.05, 0) is 93.6 Å². The van der Waals surface area contributed by atoms with Crippen molar-refractivity contribution in [2.45, 2.75) is 75.3 Å². The molecule has 0 radical (unpaired) electrons. The van der Waals surface area contributed by atoms with Gasteiger partial charge in [0.2, 0.25) is 0 Å². The minimum atomic E-state index is 0.110. The minimum absolute atomic E-state index is 0.110. The standard InChI is InChI=1S/C24H33NO2S/c1-16(24-12-17-9-18(13-24)11-19(10-17)14-24)25-23(26)21-6-2-3-7-22(21)28-15-20-5-4-8-27-20/h2-3,6-7,16-20H,4-5,8-15H2,1H3,(H,25,26)/t16-,17?,18?,19?,20+,24?/m0/s1. The number of hydrogen-bond acceptors (Lipinski definition) is 3. The smallest absolute Gasteiger partial charge is 0.252 e. The third-order valence-corrected chi connectivity index (χ3v) is 9.14. The van der Waals surface area contributed by atoms with Crippen molar-refractivity contribution in [3.8, 4) is 0 Å². The fraction of sp³-hybridized carbons (Fsp3) is 0.708. The number of benzene rings is 1. The van der Waals surface area contributed by atoms with Gasteiger partial charge in [-0.2, -0.15) is 0 Å². The molecule has 1 N–H and O–H groups in total. The summed E-state index contributed by atoms with van der Waals surface area (Å²) in [6, 6.07) is 8.37. The van der Waals surface area contributed by atoms with Crippen molar-refractivity contribution in [3.05, 3.63) is 29.8 Å². The second kappa shape index (κ2) is 7.68. The first kappa shape index (κ1) is 19.0. The van der Waals surface area contributed by atoms with E-state index >= 15 is 0 Å². The van der Waals surface area contributed by atoms with Crippen molar-refractivity contribution in [2.75, 3.05) is 12.4 Å². The highest BCUT2D eigenvalue weighted by Crippen LogP contribution is 2.61. The van der Waals surface area contributed by atoms with Crippen molar-refractivity contribution < 1.29 is 9.53 Å². The molecule has 4 heteroatoms. The number of carbonyl (C=O) groups excluding carboxylic acids is 1. The van der Waals surface area contributed by atoms with Crippen LogP contribution in [0.4, 0.5) is 0 Å². The molecule has 6 rings (SSSR count). The van der Waals surface area contributed by atoms with Gasteiger partial charge in [-0.3, -0.25) is 4.79 Å². The highest BCUT2D eigenvalue weighted by molar-refractivity contribution is 7.99. The fourth-order valence-corrected chi connectivity index (χ4v) is 7.99. The maximum atomic E-state index is 13.2. The molecule has 1 aliphatic heterocycles. The van der Waals surface area contributed by atoms with Crippen LogP contribution < -0.4 is 5.32 Å². The molecule has 3 nitrogen and oxygen atoms in total. The Morgan fingerprint density at radius 2 is 1.86 bits per heavy atom. The predicted octanol–water partition coefficient (Wildman–Crippen LogP) is 5.29. The van der Waals surface area contributed by atoms with Gasteiger partial charge in [0.25, 0.3) is 5.91 Å². The van der Waals surface area contributed by atoms with Crippen LogP contribution in [0.1, 0.15) is 68.6 Å². The van der Waals surface area contributed by atoms with Crippen molar-refractivity contribution in [1.29, 1.82) is 0 Å². The van der Waals surface area contributed by atoms with E-state index in [1.54, 1.807) is 11.8 Å². The van der Waals surface area contributed by atoms with E-state index in [0.717, 1.165) is 53.4 Å². The summed E-state index contributed by atoms with van der Waals surface area (Å²) in [4.78, 5) is 14.3. The molecule has 0 unspecified atom stereocenters. The van der Waals surface area contributed by atoms with E-state index in [9.17, 15) is 4.79 Å². The van der Waals surface area contributed by atoms with E-state index in [2.05, 4.69) is 18.3 Å². The topological polar surface area (TPSA) is 38.3 Å². The molecular formula is C24H33NO2S. The highest BCUT2D eigenvalue weighted by Gasteiger charge is 2.53. The molecule has 1 amide bonds. The first-order valence-electron chi connectivity index (χ1n) is 11.3. The summed E-state index contributed by atoms with van der Waals surface area (Å²) in [6.07, 6.45) is 11.0. The summed E-state index contributed by atoms with van der Waals surface area (Å²) >= 11 is 1.77. The van der Waals surface area contributed by atoms with Crippen LogP contribution in [0.5, 0.6) is 0 Å². The fourth-order valence-electron chi connectivity index (χ4n) is 6.87. The van der Waals surface area contributed by atoms with Gasteiger partial charge in [-0.15, -0.1) is 11.8 Å². The van der Waals surface area contributed by atoms with Crippen LogP contribution in [0.3, 0.4) is 0 Å². The summed E-state index contributed by atoms with van der Waals surface area (Å²) in [5.74, 6) is 3.80. The molecule has 1 saturated heterocycles. The Kier molecular flexibility index (Phi) is 5.21. The maximum absolute atomic E-state index is 13.2. The monoisotopic (exact) mass is 399 g/mol. The third kappa shape index (κ3) is 3.63. The number of rotatable bonds is 6. The molecule has 0 aromatic heterocycles. The number of ether oxygens (including phenoxy) is 1. The lowest BCUT2D eigenvalue weighted by Gasteiger charge is -2.59. The number of nitrogens with one attached hydrogen (secondary N) is 1. The van der Waals surface area contributed by atoms with Gasteiger partial charge in [-0.1, -0.05) is 12.1 Å². The van der Waals surface area contributed by atoms with Crippen LogP contribution in [0.25, 0.3) is 0 Å². The molecular weight excluding hydrogens is 366 g/mol. The molecule has 152 valence electrons. The van der Waals surface area contributed by atoms with Crippen LogP contribution in [0.15, 0.2) is 29.2 Å². The van der Waals surface area contributed by atoms with Crippen LogP contribution >= 0.6 is 11.8 Å². The Balaban J connectivity index is 1.26. The van der Waals surface area contributed by atoms with Crippen LogP contribution in [-0.4, -0.2) is 30.4 Å². The Morgan fingerprint density at radius 3 is 2.50 bits per heavy atom. The maximum Gasteiger partial charge on any atom is 0.252 e. The summed E-state index contributed by atoms with van der Waals surface area (Å²) < 4.78 is 5.76. The summed E-state index contributed by atoms with van der Waals surface area (Å²) in [5, 5.41) is 3.44. The third-order valence-electron chi connectivity index (χ3n) is 7.93. The molecule has 5 aliphatic rings. The van der Waals surface area contributed by atoms with Crippen LogP contribution in [0.2, 0.25) is 0 Å². The molecule has 5 fully saturated rings. The van der Waals surface area contributed by atoms with Gasteiger partial charge in [0.1, 0.15) is 0 Å². The van der Waals surface area contributed by atoms with Gasteiger partial charge in [0, 0.05) is 23.3 Å². The van der Waals surface area contributed by atoms with Crippen molar-refractivity contribution in [1.82, 2.24) is 5.32 Å². The average molecular weight is 400 g/mol. The van der Waals surface area contributed by atoms with Crippen molar-refractivity contribution >= 4 is 17.7 Å². The van der Waals surface area contributed by atoms with Crippen molar-refractivity contribution in [2.24, 2.45) is 23.2 Å². The normalized spacial score (nSPS) is 37.2. The highest BCUT2D eigenvalue weighted by atomic mass is 32.2. The van der Waals surface area contributed by atoms with Crippen molar-refractivity contribution in [3.63, 3.8) is 0 Å². The minimum Gasteiger partial charge on any atom is -0.377 e. The van der Waals surface area contributed by atoms with E-state index in [0.29, 0.717) is 11.5 Å². The van der Waals surface area contributed by atoms with E-state index < -0.39 is 0 Å². The molecule has 4 aliphatic carbocycles. The van der Waals surface area contributed by atoms with Gasteiger partial charge in [0.15, 0.2) is 0 Å². The Bertz CT molecular complexity index is 692. The molecule has 0 spiro atoms. The molecule has 1 heterocycles. The lowest BCUT2D eigenvalue weighted by atomic mass is 9.48. The number of thioether (sulfide) groups is 1. The lowest BCUT2D eigenvalue weighted by molar-refractivity contribution is -0.0688. The van der Waals surface area contributed by atoms with E-state index in [1.165, 1.54) is 38.5 Å². The van der Waals surface area contributed by atoms with Gasteiger partial charge in [-0.25, -0.2) is 0 Å². The average Bonchev–Trinajstić information content (AvgIpc) is 3.19. The summed E-state index contributed by atoms with van der Waals surface area (Å²) in [6.45, 7) is 3.16. The van der Waals surface area contributed by atoms with Crippen LogP contribution in [0, 0.1) is 23.2 Å². The second-order valence-electron chi connectivity index (χ2n) is 9.92. The van der Waals surface area contributed by atoms with E-state index in [1.807, 2.05) is 18.2 Å². The molecule has 1 aromatic rings. The van der Waals surface area contributed by atoms with Gasteiger partial charge < -0.3 is 10.1 Å². The predicted molar refractivity (Wildman–Crippen MR) is 114 cm³/mol. The zero-order valence-electron chi connectivity index (χ0n) is 17.0. The number of amides is 1. The Morgan fingerprint density at radius 1 is 1.18 bits per heavy atom. The van der Waals surface area contributed by atoms with E-state index in [-0.39, 0.29) is 11.9 Å². The summed E-state index contributed by atoms with van der Waals surface area (Å²) in [5.41, 5.74) is 1.19. The zero-order chi connectivity index (χ0) is 19.1. The van der Waals surface area contributed by atoms with Gasteiger partial charge >= 0.3 is 0 Å². The van der Waals surface area contributed by atoms with E-state index in [4.69, 9.17) is 4.74 Å². The lowest BCUT2D eigenvalue weighted by Crippen LogP contribution is -2.55. The largest absolute Gasteiger partial charge is 0.377 e. The first-order valence-corrected chi connectivity index (χ1v) is 12.2. The Labute approximate surface area is 173 Å². The zero-order valence-corrected chi connectivity index (χ0v) is 17.8. The molecule has 2 atom stereocenters. The molecule has 4 saturated carbocycles. The quantitative estimate of drug-likeness (QED) is 0.660. The van der Waals surface area contributed by atoms with Crippen LogP contribution in [-0.2, 0) is 4.74 Å². The first-order chi connectivity index (χ1) is 13.6. The SMILES string of the molecule is C[C@H](NC(=O)c1ccccc1SC[C@H]1CCCO1)C12CC3CC(CC(C3)C1)C2. The number of hydrogen-bond donors (Lipinski definition) is 1. The number of carbonyl (C=O) groups is 1. The molecule has 4 bridgehead atoms. The summed E-state index contributed by atoms with van der Waals surface area (Å²) in [7, 11) is 0. The second-order valence-corrected chi connectivity index (χ2v) is 11.0. The Hall–Kier alpha value is -1.00.